The molecule has 0 aliphatic carbocycles. The van der Waals surface area contributed by atoms with Crippen LogP contribution < -0.4 is 5.73 Å². The summed E-state index contributed by atoms with van der Waals surface area (Å²) in [4.78, 5) is 20.7. The fourth-order valence-electron chi connectivity index (χ4n) is 3.43. The van der Waals surface area contributed by atoms with Crippen LogP contribution in [0, 0.1) is 11.3 Å². The van der Waals surface area contributed by atoms with Gasteiger partial charge in [-0.1, -0.05) is 0 Å². The van der Waals surface area contributed by atoms with E-state index >= 15 is 0 Å². The molecular weight excluding hydrogens is 426 g/mol. The number of fused-ring (bicyclic) bond motifs is 1. The van der Waals surface area contributed by atoms with E-state index in [-0.39, 0.29) is 12.1 Å². The van der Waals surface area contributed by atoms with Gasteiger partial charge in [-0.2, -0.15) is 9.66 Å². The van der Waals surface area contributed by atoms with Crippen molar-refractivity contribution >= 4 is 29.5 Å². The second kappa shape index (κ2) is 9.96. The molecule has 2 N–H and O–H groups in total. The Hall–Kier alpha value is -3.19. The molecule has 0 aromatic carbocycles. The van der Waals surface area contributed by atoms with E-state index in [1.165, 1.54) is 18.1 Å². The van der Waals surface area contributed by atoms with Gasteiger partial charge in [0.2, 0.25) is 0 Å². The van der Waals surface area contributed by atoms with Crippen molar-refractivity contribution in [3.05, 3.63) is 42.4 Å². The average molecular weight is 456 g/mol. The fourth-order valence-corrected chi connectivity index (χ4v) is 4.14. The summed E-state index contributed by atoms with van der Waals surface area (Å²) in [5.41, 5.74) is 6.44. The normalized spacial score (nSPS) is 17.5. The lowest BCUT2D eigenvalue weighted by molar-refractivity contribution is 0.0159. The number of hydrogen-bond donors (Lipinski definition) is 1. The van der Waals surface area contributed by atoms with E-state index < -0.39 is 5.60 Å². The molecule has 0 bridgehead atoms. The predicted octanol–water partition coefficient (Wildman–Crippen LogP) is 3.42. The van der Waals surface area contributed by atoms with Crippen LogP contribution in [0.3, 0.4) is 0 Å². The quantitative estimate of drug-likeness (QED) is 0.427. The highest BCUT2D eigenvalue weighted by Crippen LogP contribution is 2.24. The minimum atomic E-state index is -0.527. The molecule has 1 amide bonds. The molecule has 1 fully saturated rings. The third-order valence-electron chi connectivity index (χ3n) is 5.04. The molecule has 1 saturated heterocycles. The summed E-state index contributed by atoms with van der Waals surface area (Å²) in [6, 6.07) is 5.75. The van der Waals surface area contributed by atoms with Gasteiger partial charge in [-0.05, 0) is 58.0 Å². The number of nitrogens with zero attached hydrogens (tertiary/aromatic N) is 6. The van der Waals surface area contributed by atoms with Crippen LogP contribution in [0.15, 0.2) is 46.2 Å². The van der Waals surface area contributed by atoms with Crippen LogP contribution in [0.4, 0.5) is 4.79 Å². The van der Waals surface area contributed by atoms with E-state index in [0.717, 1.165) is 23.5 Å². The van der Waals surface area contributed by atoms with Crippen molar-refractivity contribution in [1.29, 1.82) is 5.26 Å². The van der Waals surface area contributed by atoms with Crippen LogP contribution >= 0.6 is 11.9 Å². The molecule has 9 nitrogen and oxygen atoms in total. The van der Waals surface area contributed by atoms with Crippen LogP contribution in [0.2, 0.25) is 0 Å². The Morgan fingerprint density at radius 3 is 2.94 bits per heavy atom. The van der Waals surface area contributed by atoms with Gasteiger partial charge in [0.05, 0.1) is 11.8 Å². The molecule has 3 rings (SSSR count). The highest BCUT2D eigenvalue weighted by molar-refractivity contribution is 7.98. The number of likely N-dealkylation sites (tertiary alicyclic amines) is 1. The molecule has 2 aromatic rings. The third kappa shape index (κ3) is 5.73. The number of ether oxygens (including phenoxy) is 1. The third-order valence-corrected chi connectivity index (χ3v) is 5.80. The Morgan fingerprint density at radius 1 is 1.47 bits per heavy atom. The number of rotatable bonds is 4. The maximum absolute atomic E-state index is 12.5. The molecule has 32 heavy (non-hydrogen) atoms. The number of piperidine rings is 1. The van der Waals surface area contributed by atoms with Crippen molar-refractivity contribution in [3.63, 3.8) is 0 Å². The van der Waals surface area contributed by atoms with Crippen LogP contribution in [0.25, 0.3) is 5.65 Å². The summed E-state index contributed by atoms with van der Waals surface area (Å²) in [5.74, 6) is 0.680. The Balaban J connectivity index is 1.75. The van der Waals surface area contributed by atoms with Crippen LogP contribution in [0.1, 0.15) is 39.2 Å². The molecule has 2 aromatic heterocycles. The minimum absolute atomic E-state index is 0.0826. The van der Waals surface area contributed by atoms with Crippen molar-refractivity contribution in [1.82, 2.24) is 19.2 Å². The number of amides is 1. The number of nitrogens with two attached hydrogens (primary N) is 1. The molecular formula is C22H29N7O2S. The monoisotopic (exact) mass is 455 g/mol. The van der Waals surface area contributed by atoms with Gasteiger partial charge in [0.1, 0.15) is 28.2 Å². The van der Waals surface area contributed by atoms with Gasteiger partial charge in [0, 0.05) is 44.3 Å². The lowest BCUT2D eigenvalue weighted by Crippen LogP contribution is -2.51. The van der Waals surface area contributed by atoms with Crippen molar-refractivity contribution in [2.24, 2.45) is 10.1 Å². The van der Waals surface area contributed by atoms with Gasteiger partial charge >= 0.3 is 6.09 Å². The second-order valence-corrected chi connectivity index (χ2v) is 9.37. The van der Waals surface area contributed by atoms with Crippen molar-refractivity contribution in [2.45, 2.75) is 50.3 Å². The first-order chi connectivity index (χ1) is 15.2. The molecule has 10 heteroatoms. The van der Waals surface area contributed by atoms with Crippen molar-refractivity contribution in [2.75, 3.05) is 20.1 Å². The molecule has 1 aliphatic rings. The first-order valence-corrected chi connectivity index (χ1v) is 11.2. The standard InChI is InChI=1S/C22H29N7O2S/c1-22(2,3)31-21(30)28-11-5-6-17(15-28)27(4)19(9-10-23)26-32-20-13-25-18-8-7-16(12-24)14-29(18)20/h7-10,13-14,17H,5-6,11,15,23H2,1-4H3/b10-9-,26-19?. The van der Waals surface area contributed by atoms with Gasteiger partial charge in [0.25, 0.3) is 0 Å². The molecule has 0 radical (unpaired) electrons. The van der Waals surface area contributed by atoms with E-state index in [2.05, 4.69) is 15.5 Å². The number of aromatic nitrogens is 2. The highest BCUT2D eigenvalue weighted by atomic mass is 32.2. The van der Waals surface area contributed by atoms with Gasteiger partial charge in [-0.3, -0.25) is 4.40 Å². The van der Waals surface area contributed by atoms with E-state index in [1.54, 1.807) is 35.5 Å². The van der Waals surface area contributed by atoms with Gasteiger partial charge < -0.3 is 20.3 Å². The summed E-state index contributed by atoms with van der Waals surface area (Å²) >= 11 is 1.26. The topological polar surface area (TPSA) is 112 Å². The Morgan fingerprint density at radius 2 is 2.25 bits per heavy atom. The van der Waals surface area contributed by atoms with E-state index in [9.17, 15) is 4.79 Å². The smallest absolute Gasteiger partial charge is 0.410 e. The number of imidazole rings is 1. The van der Waals surface area contributed by atoms with Crippen LogP contribution in [-0.4, -0.2) is 62.9 Å². The Labute approximate surface area is 192 Å². The van der Waals surface area contributed by atoms with Crippen LogP contribution in [0.5, 0.6) is 0 Å². The average Bonchev–Trinajstić information content (AvgIpc) is 3.17. The molecule has 0 saturated carbocycles. The Kier molecular flexibility index (Phi) is 7.30. The largest absolute Gasteiger partial charge is 0.444 e. The van der Waals surface area contributed by atoms with Crippen molar-refractivity contribution < 1.29 is 9.53 Å². The molecule has 1 atom stereocenters. The maximum Gasteiger partial charge on any atom is 0.410 e. The number of carbonyl (C=O) groups is 1. The lowest BCUT2D eigenvalue weighted by Gasteiger charge is -2.38. The summed E-state index contributed by atoms with van der Waals surface area (Å²) in [6.45, 7) is 6.83. The first-order valence-electron chi connectivity index (χ1n) is 10.4. The molecule has 0 spiro atoms. The van der Waals surface area contributed by atoms with Crippen molar-refractivity contribution in [3.8, 4) is 6.07 Å². The number of pyridine rings is 1. The number of hydrogen-bond acceptors (Lipinski definition) is 7. The summed E-state index contributed by atoms with van der Waals surface area (Å²) in [7, 11) is 1.95. The number of carbonyl (C=O) groups excluding carboxylic acids is 1. The zero-order valence-electron chi connectivity index (χ0n) is 18.9. The molecule has 1 unspecified atom stereocenters. The number of amidine groups is 1. The summed E-state index contributed by atoms with van der Waals surface area (Å²) in [6.07, 6.45) is 8.17. The fraction of sp³-hybridized carbons (Fsp3) is 0.455. The molecule has 170 valence electrons. The SMILES string of the molecule is CN(C(/C=C\N)=NSc1cnc2ccc(C#N)cn12)C1CCCN(C(=O)OC(C)(C)C)C1. The summed E-state index contributed by atoms with van der Waals surface area (Å²) in [5, 5.41) is 9.95. The summed E-state index contributed by atoms with van der Waals surface area (Å²) < 4.78 is 12.1. The zero-order valence-corrected chi connectivity index (χ0v) is 19.7. The first kappa shape index (κ1) is 23.5. The van der Waals surface area contributed by atoms with E-state index in [4.69, 9.17) is 15.7 Å². The zero-order chi connectivity index (χ0) is 23.3. The molecule has 1 aliphatic heterocycles. The second-order valence-electron chi connectivity index (χ2n) is 8.59. The lowest BCUT2D eigenvalue weighted by atomic mass is 10.0. The van der Waals surface area contributed by atoms with Gasteiger partial charge in [-0.25, -0.2) is 9.78 Å². The molecule has 3 heterocycles. The van der Waals surface area contributed by atoms with Gasteiger partial charge in [-0.15, -0.1) is 0 Å². The maximum atomic E-state index is 12.5. The number of likely N-dealkylation sites (N-methyl/N-ethyl adjacent to an activating group) is 1. The van der Waals surface area contributed by atoms with Crippen LogP contribution in [-0.2, 0) is 4.74 Å². The highest BCUT2D eigenvalue weighted by Gasteiger charge is 2.30. The van der Waals surface area contributed by atoms with E-state index in [1.807, 2.05) is 37.1 Å². The van der Waals surface area contributed by atoms with Gasteiger partial charge in [0.15, 0.2) is 0 Å². The Bertz CT molecular complexity index is 1060. The minimum Gasteiger partial charge on any atom is -0.444 e. The number of nitriles is 1. The predicted molar refractivity (Wildman–Crippen MR) is 125 cm³/mol. The van der Waals surface area contributed by atoms with E-state index in [0.29, 0.717) is 24.5 Å².